The molecule has 0 heterocycles. The standard InChI is InChI=1S/C14H17NO4.C4H6O4/c1-3-19-12(16)9-10(2)15-13(14(17)18)11-7-5-4-6-8-11;1-2-7-4(6)8-3-5/h4-9,13,15H,3H2,1-2H3,(H,17,18);3H,2H2,1H3. The highest BCUT2D eigenvalue weighted by molar-refractivity contribution is 5.83. The van der Waals surface area contributed by atoms with Crippen molar-refractivity contribution in [3.63, 3.8) is 0 Å². The van der Waals surface area contributed by atoms with Crippen LogP contribution in [0.4, 0.5) is 4.79 Å². The molecule has 0 spiro atoms. The number of rotatable bonds is 8. The van der Waals surface area contributed by atoms with Gasteiger partial charge in [-0.05, 0) is 26.3 Å². The van der Waals surface area contributed by atoms with Crippen LogP contribution in [0.5, 0.6) is 0 Å². The number of carbonyl (C=O) groups is 4. The molecule has 0 fully saturated rings. The highest BCUT2D eigenvalue weighted by atomic mass is 16.7. The van der Waals surface area contributed by atoms with Gasteiger partial charge in [0.1, 0.15) is 6.04 Å². The highest BCUT2D eigenvalue weighted by Gasteiger charge is 2.19. The predicted octanol–water partition coefficient (Wildman–Crippen LogP) is 2.18. The van der Waals surface area contributed by atoms with Crippen molar-refractivity contribution in [1.82, 2.24) is 5.32 Å². The lowest BCUT2D eigenvalue weighted by Crippen LogP contribution is -2.27. The van der Waals surface area contributed by atoms with Gasteiger partial charge in [-0.1, -0.05) is 30.3 Å². The van der Waals surface area contributed by atoms with Crippen LogP contribution in [0.2, 0.25) is 0 Å². The second-order valence-electron chi connectivity index (χ2n) is 4.80. The van der Waals surface area contributed by atoms with Gasteiger partial charge in [0.2, 0.25) is 0 Å². The van der Waals surface area contributed by atoms with Gasteiger partial charge in [0.15, 0.2) is 0 Å². The largest absolute Gasteiger partial charge is 0.515 e. The topological polar surface area (TPSA) is 128 Å². The normalized spacial score (nSPS) is 11.1. The third-order valence-corrected chi connectivity index (χ3v) is 2.78. The molecule has 0 aliphatic carbocycles. The Morgan fingerprint density at radius 2 is 1.70 bits per heavy atom. The molecule has 0 aliphatic heterocycles. The Balaban J connectivity index is 0.000000713. The molecule has 2 N–H and O–H groups in total. The molecular formula is C18H23NO8. The number of carboxylic acid groups (broad SMARTS) is 1. The molecule has 0 aliphatic rings. The van der Waals surface area contributed by atoms with Crippen molar-refractivity contribution >= 4 is 24.6 Å². The molecule has 0 bridgehead atoms. The summed E-state index contributed by atoms with van der Waals surface area (Å²) in [6.07, 6.45) is 0.282. The summed E-state index contributed by atoms with van der Waals surface area (Å²) in [4.78, 5) is 41.8. The highest BCUT2D eigenvalue weighted by Crippen LogP contribution is 2.14. The summed E-state index contributed by atoms with van der Waals surface area (Å²) in [7, 11) is 0. The number of benzene rings is 1. The number of ether oxygens (including phenoxy) is 3. The lowest BCUT2D eigenvalue weighted by atomic mass is 10.1. The van der Waals surface area contributed by atoms with Gasteiger partial charge in [0.05, 0.1) is 13.2 Å². The van der Waals surface area contributed by atoms with Crippen molar-refractivity contribution < 1.29 is 38.5 Å². The van der Waals surface area contributed by atoms with Crippen molar-refractivity contribution in [1.29, 1.82) is 0 Å². The summed E-state index contributed by atoms with van der Waals surface area (Å²) in [5.41, 5.74) is 1.06. The van der Waals surface area contributed by atoms with E-state index in [9.17, 15) is 24.3 Å². The molecular weight excluding hydrogens is 358 g/mol. The molecule has 1 rings (SSSR count). The zero-order valence-electron chi connectivity index (χ0n) is 15.3. The molecule has 0 saturated heterocycles. The van der Waals surface area contributed by atoms with Gasteiger partial charge in [0.25, 0.3) is 0 Å². The maximum atomic E-state index is 11.3. The van der Waals surface area contributed by atoms with Gasteiger partial charge in [-0.25, -0.2) is 14.4 Å². The summed E-state index contributed by atoms with van der Waals surface area (Å²) >= 11 is 0. The third-order valence-electron chi connectivity index (χ3n) is 2.78. The van der Waals surface area contributed by atoms with Gasteiger partial charge < -0.3 is 24.6 Å². The van der Waals surface area contributed by atoms with Crippen LogP contribution in [0.15, 0.2) is 42.1 Å². The van der Waals surface area contributed by atoms with Crippen LogP contribution in [0, 0.1) is 0 Å². The van der Waals surface area contributed by atoms with Crippen LogP contribution in [-0.4, -0.2) is 42.9 Å². The Morgan fingerprint density at radius 1 is 1.11 bits per heavy atom. The minimum atomic E-state index is -1.01. The van der Waals surface area contributed by atoms with E-state index in [0.717, 1.165) is 0 Å². The first-order valence-electron chi connectivity index (χ1n) is 8.02. The Kier molecular flexibility index (Phi) is 12.2. The van der Waals surface area contributed by atoms with Gasteiger partial charge in [-0.2, -0.15) is 0 Å². The summed E-state index contributed by atoms with van der Waals surface area (Å²) in [5, 5.41) is 12.0. The van der Waals surface area contributed by atoms with E-state index in [1.54, 1.807) is 45.0 Å². The lowest BCUT2D eigenvalue weighted by molar-refractivity contribution is -0.140. The van der Waals surface area contributed by atoms with Crippen LogP contribution >= 0.6 is 0 Å². The van der Waals surface area contributed by atoms with E-state index in [1.807, 2.05) is 6.07 Å². The molecule has 0 amide bonds. The smallest absolute Gasteiger partial charge is 0.479 e. The molecule has 1 aromatic rings. The number of allylic oxidation sites excluding steroid dienone is 1. The fourth-order valence-electron chi connectivity index (χ4n) is 1.75. The van der Waals surface area contributed by atoms with E-state index in [-0.39, 0.29) is 19.7 Å². The maximum absolute atomic E-state index is 11.3. The number of nitrogens with one attached hydrogen (secondary N) is 1. The van der Waals surface area contributed by atoms with Crippen LogP contribution < -0.4 is 5.32 Å². The average molecular weight is 381 g/mol. The van der Waals surface area contributed by atoms with E-state index in [0.29, 0.717) is 11.3 Å². The molecule has 148 valence electrons. The van der Waals surface area contributed by atoms with Crippen molar-refractivity contribution in [2.75, 3.05) is 13.2 Å². The van der Waals surface area contributed by atoms with Crippen molar-refractivity contribution in [3.8, 4) is 0 Å². The summed E-state index contributed by atoms with van der Waals surface area (Å²) in [6, 6.07) is 7.86. The Morgan fingerprint density at radius 3 is 2.19 bits per heavy atom. The molecule has 0 aromatic heterocycles. The zero-order valence-corrected chi connectivity index (χ0v) is 15.3. The number of esters is 1. The maximum Gasteiger partial charge on any atom is 0.515 e. The lowest BCUT2D eigenvalue weighted by Gasteiger charge is -2.16. The Labute approximate surface area is 156 Å². The zero-order chi connectivity index (χ0) is 20.7. The number of carbonyl (C=O) groups excluding carboxylic acids is 3. The molecule has 1 unspecified atom stereocenters. The fourth-order valence-corrected chi connectivity index (χ4v) is 1.75. The minimum absolute atomic E-state index is 0.0258. The Bertz CT molecular complexity index is 642. The summed E-state index contributed by atoms with van der Waals surface area (Å²) in [6.45, 7) is 5.47. The first-order valence-corrected chi connectivity index (χ1v) is 8.02. The average Bonchev–Trinajstić information content (AvgIpc) is 2.61. The van der Waals surface area contributed by atoms with E-state index in [4.69, 9.17) is 4.74 Å². The van der Waals surface area contributed by atoms with E-state index in [1.165, 1.54) is 6.08 Å². The van der Waals surface area contributed by atoms with Crippen LogP contribution in [0.1, 0.15) is 32.4 Å². The van der Waals surface area contributed by atoms with E-state index in [2.05, 4.69) is 14.8 Å². The van der Waals surface area contributed by atoms with Crippen LogP contribution in [-0.2, 0) is 28.6 Å². The first-order chi connectivity index (χ1) is 12.8. The number of carboxylic acids is 1. The van der Waals surface area contributed by atoms with Gasteiger partial charge in [0, 0.05) is 11.8 Å². The number of hydrogen-bond donors (Lipinski definition) is 2. The molecule has 27 heavy (non-hydrogen) atoms. The molecule has 0 saturated carbocycles. The summed E-state index contributed by atoms with van der Waals surface area (Å²) < 4.78 is 12.7. The third kappa shape index (κ3) is 11.0. The second-order valence-corrected chi connectivity index (χ2v) is 4.80. The minimum Gasteiger partial charge on any atom is -0.479 e. The molecule has 0 radical (unpaired) electrons. The molecule has 9 heteroatoms. The first kappa shape index (κ1) is 23.6. The predicted molar refractivity (Wildman–Crippen MR) is 94.5 cm³/mol. The van der Waals surface area contributed by atoms with Gasteiger partial charge in [-0.15, -0.1) is 0 Å². The monoisotopic (exact) mass is 381 g/mol. The van der Waals surface area contributed by atoms with Crippen molar-refractivity contribution in [2.24, 2.45) is 0 Å². The SMILES string of the molecule is CCOC(=O)C=C(C)NC(C(=O)O)c1ccccc1.CCOC(=O)OC=O. The van der Waals surface area contributed by atoms with E-state index < -0.39 is 24.1 Å². The number of aliphatic carboxylic acids is 1. The summed E-state index contributed by atoms with van der Waals surface area (Å²) in [5.74, 6) is -1.51. The van der Waals surface area contributed by atoms with E-state index >= 15 is 0 Å². The Hall–Kier alpha value is -3.36. The van der Waals surface area contributed by atoms with Crippen molar-refractivity contribution in [3.05, 3.63) is 47.7 Å². The molecule has 1 aromatic carbocycles. The van der Waals surface area contributed by atoms with Gasteiger partial charge >= 0.3 is 24.6 Å². The van der Waals surface area contributed by atoms with Gasteiger partial charge in [-0.3, -0.25) is 4.79 Å². The van der Waals surface area contributed by atoms with Crippen LogP contribution in [0.3, 0.4) is 0 Å². The van der Waals surface area contributed by atoms with Crippen molar-refractivity contribution in [2.45, 2.75) is 26.8 Å². The molecule has 9 nitrogen and oxygen atoms in total. The quantitative estimate of drug-likeness (QED) is 0.301. The molecule has 1 atom stereocenters. The second kappa shape index (κ2) is 13.9. The van der Waals surface area contributed by atoms with Crippen LogP contribution in [0.25, 0.3) is 0 Å². The number of hydrogen-bond acceptors (Lipinski definition) is 8. The fraction of sp³-hybridized carbons (Fsp3) is 0.333.